The van der Waals surface area contributed by atoms with E-state index in [0.717, 1.165) is 17.6 Å². The Kier molecular flexibility index (Phi) is 5.32. The van der Waals surface area contributed by atoms with Gasteiger partial charge in [-0.25, -0.2) is 4.98 Å². The van der Waals surface area contributed by atoms with Crippen molar-refractivity contribution in [2.75, 3.05) is 11.9 Å². The average molecular weight is 283 g/mol. The summed E-state index contributed by atoms with van der Waals surface area (Å²) < 4.78 is 1.98. The highest BCUT2D eigenvalue weighted by Gasteiger charge is 2.15. The van der Waals surface area contributed by atoms with Gasteiger partial charge in [0.25, 0.3) is 0 Å². The predicted molar refractivity (Wildman–Crippen MR) is 79.5 cm³/mol. The van der Waals surface area contributed by atoms with Gasteiger partial charge in [0.15, 0.2) is 0 Å². The van der Waals surface area contributed by atoms with Crippen LogP contribution in [0, 0.1) is 5.92 Å². The molecule has 0 saturated carbocycles. The van der Waals surface area contributed by atoms with Gasteiger partial charge in [0.1, 0.15) is 0 Å². The van der Waals surface area contributed by atoms with Gasteiger partial charge in [0.05, 0.1) is 11.0 Å². The summed E-state index contributed by atoms with van der Waals surface area (Å²) in [4.78, 5) is 16.3. The topological polar surface area (TPSA) is 72.9 Å². The number of anilines is 1. The van der Waals surface area contributed by atoms with Gasteiger partial charge in [0.2, 0.25) is 11.9 Å². The third-order valence-electron chi connectivity index (χ3n) is 3.01. The van der Waals surface area contributed by atoms with Gasteiger partial charge in [-0.05, 0) is 19.1 Å². The molecule has 2 rings (SSSR count). The molecule has 1 unspecified atom stereocenters. The number of halogens is 1. The molecule has 0 aliphatic rings. The lowest BCUT2D eigenvalue weighted by atomic mass is 10.2. The molecule has 0 bridgehead atoms. The first-order valence-electron chi connectivity index (χ1n) is 6.13. The normalized spacial score (nSPS) is 11.9. The van der Waals surface area contributed by atoms with Crippen molar-refractivity contribution in [3.63, 3.8) is 0 Å². The lowest BCUT2D eigenvalue weighted by Crippen LogP contribution is -2.27. The third kappa shape index (κ3) is 3.05. The van der Waals surface area contributed by atoms with Crippen LogP contribution < -0.4 is 11.1 Å². The minimum atomic E-state index is -0.213. The van der Waals surface area contributed by atoms with E-state index in [2.05, 4.69) is 10.3 Å². The molecule has 1 heterocycles. The molecular weight excluding hydrogens is 264 g/mol. The average Bonchev–Trinajstić information content (AvgIpc) is 2.74. The summed E-state index contributed by atoms with van der Waals surface area (Å²) >= 11 is 0. The van der Waals surface area contributed by atoms with Crippen LogP contribution in [0.4, 0.5) is 5.95 Å². The molecule has 0 aliphatic heterocycles. The van der Waals surface area contributed by atoms with Gasteiger partial charge >= 0.3 is 0 Å². The minimum absolute atomic E-state index is 0. The second-order valence-corrected chi connectivity index (χ2v) is 4.29. The van der Waals surface area contributed by atoms with Crippen molar-refractivity contribution in [3.8, 4) is 0 Å². The Morgan fingerprint density at radius 3 is 2.79 bits per heavy atom. The van der Waals surface area contributed by atoms with Gasteiger partial charge in [-0.15, -0.1) is 12.4 Å². The molecule has 1 amide bonds. The Morgan fingerprint density at radius 2 is 2.16 bits per heavy atom. The second kappa shape index (κ2) is 6.54. The summed E-state index contributed by atoms with van der Waals surface area (Å²) in [6.07, 6.45) is 0. The number of rotatable bonds is 4. The smallest absolute Gasteiger partial charge is 0.230 e. The summed E-state index contributed by atoms with van der Waals surface area (Å²) in [5.41, 5.74) is 7.39. The fourth-order valence-electron chi connectivity index (χ4n) is 1.83. The Balaban J connectivity index is 0.00000180. The van der Waals surface area contributed by atoms with Crippen LogP contribution in [0.3, 0.4) is 0 Å². The van der Waals surface area contributed by atoms with E-state index in [9.17, 15) is 4.79 Å². The van der Waals surface area contributed by atoms with Crippen LogP contribution in [0.15, 0.2) is 24.3 Å². The predicted octanol–water partition coefficient (Wildman–Crippen LogP) is 2.01. The van der Waals surface area contributed by atoms with Crippen LogP contribution in [-0.2, 0) is 11.3 Å². The highest BCUT2D eigenvalue weighted by Crippen LogP contribution is 2.19. The van der Waals surface area contributed by atoms with Crippen molar-refractivity contribution in [2.24, 2.45) is 11.7 Å². The van der Waals surface area contributed by atoms with E-state index in [4.69, 9.17) is 5.73 Å². The molecule has 0 aliphatic carbocycles. The first-order chi connectivity index (χ1) is 8.67. The van der Waals surface area contributed by atoms with E-state index in [1.165, 1.54) is 0 Å². The molecule has 3 N–H and O–H groups in total. The molecule has 5 nitrogen and oxygen atoms in total. The van der Waals surface area contributed by atoms with E-state index >= 15 is 0 Å². The van der Waals surface area contributed by atoms with Crippen molar-refractivity contribution in [2.45, 2.75) is 20.4 Å². The molecule has 2 aromatic rings. The SMILES string of the molecule is CCn1c(NC(=O)C(C)CN)nc2ccccc21.Cl. The molecule has 0 spiro atoms. The monoisotopic (exact) mass is 282 g/mol. The number of carbonyl (C=O) groups is 1. The number of nitrogens with two attached hydrogens (primary N) is 1. The first kappa shape index (κ1) is 15.5. The van der Waals surface area contributed by atoms with Crippen molar-refractivity contribution in [1.29, 1.82) is 0 Å². The summed E-state index contributed by atoms with van der Waals surface area (Å²) in [7, 11) is 0. The number of nitrogens with one attached hydrogen (secondary N) is 1. The summed E-state index contributed by atoms with van der Waals surface area (Å²) in [6, 6.07) is 7.82. The number of amides is 1. The van der Waals surface area contributed by atoms with E-state index in [1.807, 2.05) is 35.8 Å². The van der Waals surface area contributed by atoms with E-state index < -0.39 is 0 Å². The molecule has 19 heavy (non-hydrogen) atoms. The Labute approximate surface area is 118 Å². The van der Waals surface area contributed by atoms with Crippen molar-refractivity contribution < 1.29 is 4.79 Å². The van der Waals surface area contributed by atoms with Gasteiger partial charge in [0, 0.05) is 19.0 Å². The standard InChI is InChI=1S/C13H18N4O.ClH/c1-3-17-11-7-5-4-6-10(11)15-13(17)16-12(18)9(2)8-14;/h4-7,9H,3,8,14H2,1-2H3,(H,15,16,18);1H. The van der Waals surface area contributed by atoms with Crippen LogP contribution >= 0.6 is 12.4 Å². The minimum Gasteiger partial charge on any atom is -0.330 e. The maximum Gasteiger partial charge on any atom is 0.230 e. The molecule has 0 radical (unpaired) electrons. The zero-order valence-electron chi connectivity index (χ0n) is 11.1. The van der Waals surface area contributed by atoms with E-state index in [1.54, 1.807) is 6.92 Å². The summed E-state index contributed by atoms with van der Waals surface area (Å²) in [5.74, 6) is 0.279. The lowest BCUT2D eigenvalue weighted by molar-refractivity contribution is -0.119. The quantitative estimate of drug-likeness (QED) is 0.901. The molecule has 6 heteroatoms. The van der Waals surface area contributed by atoms with Crippen LogP contribution in [0.2, 0.25) is 0 Å². The number of fused-ring (bicyclic) bond motifs is 1. The maximum absolute atomic E-state index is 11.8. The molecular formula is C13H19ClN4O. The first-order valence-corrected chi connectivity index (χ1v) is 6.13. The van der Waals surface area contributed by atoms with E-state index in [0.29, 0.717) is 12.5 Å². The zero-order chi connectivity index (χ0) is 13.1. The number of aryl methyl sites for hydroxylation is 1. The fraction of sp³-hybridized carbons (Fsp3) is 0.385. The molecule has 104 valence electrons. The molecule has 1 atom stereocenters. The highest BCUT2D eigenvalue weighted by molar-refractivity contribution is 5.93. The van der Waals surface area contributed by atoms with Crippen LogP contribution in [0.5, 0.6) is 0 Å². The lowest BCUT2D eigenvalue weighted by Gasteiger charge is -2.10. The van der Waals surface area contributed by atoms with Gasteiger partial charge in [-0.3, -0.25) is 10.1 Å². The number of para-hydroxylation sites is 2. The van der Waals surface area contributed by atoms with Crippen molar-refractivity contribution in [1.82, 2.24) is 9.55 Å². The number of benzene rings is 1. The highest BCUT2D eigenvalue weighted by atomic mass is 35.5. The molecule has 0 fully saturated rings. The molecule has 1 aromatic carbocycles. The van der Waals surface area contributed by atoms with Crippen LogP contribution in [0.25, 0.3) is 11.0 Å². The number of aromatic nitrogens is 2. The van der Waals surface area contributed by atoms with E-state index in [-0.39, 0.29) is 24.2 Å². The fourth-order valence-corrected chi connectivity index (χ4v) is 1.83. The Morgan fingerprint density at radius 1 is 1.47 bits per heavy atom. The van der Waals surface area contributed by atoms with Crippen LogP contribution in [-0.4, -0.2) is 22.0 Å². The second-order valence-electron chi connectivity index (χ2n) is 4.29. The number of hydrogen-bond donors (Lipinski definition) is 2. The summed E-state index contributed by atoms with van der Waals surface area (Å²) in [5, 5.41) is 2.83. The number of imidazole rings is 1. The van der Waals surface area contributed by atoms with Crippen molar-refractivity contribution in [3.05, 3.63) is 24.3 Å². The Hall–Kier alpha value is -1.59. The number of carbonyl (C=O) groups excluding carboxylic acids is 1. The number of nitrogens with zero attached hydrogens (tertiary/aromatic N) is 2. The van der Waals surface area contributed by atoms with Gasteiger partial charge < -0.3 is 10.3 Å². The van der Waals surface area contributed by atoms with Crippen LogP contribution in [0.1, 0.15) is 13.8 Å². The third-order valence-corrected chi connectivity index (χ3v) is 3.01. The molecule has 1 aromatic heterocycles. The maximum atomic E-state index is 11.8. The van der Waals surface area contributed by atoms with Gasteiger partial charge in [-0.2, -0.15) is 0 Å². The Bertz CT molecular complexity index is 567. The van der Waals surface area contributed by atoms with Gasteiger partial charge in [-0.1, -0.05) is 19.1 Å². The largest absolute Gasteiger partial charge is 0.330 e. The summed E-state index contributed by atoms with van der Waals surface area (Å²) in [6.45, 7) is 4.91. The van der Waals surface area contributed by atoms with Crippen molar-refractivity contribution >= 4 is 35.3 Å². The number of hydrogen-bond acceptors (Lipinski definition) is 3. The molecule has 0 saturated heterocycles. The zero-order valence-corrected chi connectivity index (χ0v) is 11.9.